The largest absolute Gasteiger partial charge is 0.334 e. The number of hydrogen-bond acceptors (Lipinski definition) is 5. The molecule has 7 heteroatoms. The van der Waals surface area contributed by atoms with Crippen molar-refractivity contribution in [3.05, 3.63) is 65.0 Å². The molecule has 0 saturated heterocycles. The van der Waals surface area contributed by atoms with Gasteiger partial charge in [0.05, 0.1) is 16.5 Å². The summed E-state index contributed by atoms with van der Waals surface area (Å²) in [4.78, 5) is 20.3. The fraction of sp³-hybridized carbons (Fsp3) is 0.318. The maximum atomic E-state index is 12.9. The van der Waals surface area contributed by atoms with Crippen molar-refractivity contribution in [3.63, 3.8) is 0 Å². The molecule has 29 heavy (non-hydrogen) atoms. The Labute approximate surface area is 174 Å². The number of carbonyl (C=O) groups is 1. The molecule has 4 rings (SSSR count). The lowest BCUT2D eigenvalue weighted by Crippen LogP contribution is -2.46. The average Bonchev–Trinajstić information content (AvgIpc) is 3.42. The summed E-state index contributed by atoms with van der Waals surface area (Å²) in [6.45, 7) is 4.79. The molecule has 0 spiro atoms. The van der Waals surface area contributed by atoms with Gasteiger partial charge in [-0.3, -0.25) is 4.90 Å². The third-order valence-electron chi connectivity index (χ3n) is 5.11. The third kappa shape index (κ3) is 3.96. The maximum Gasteiger partial charge on any atom is 0.322 e. The van der Waals surface area contributed by atoms with Crippen LogP contribution >= 0.6 is 11.3 Å². The van der Waals surface area contributed by atoms with Crippen molar-refractivity contribution in [2.24, 2.45) is 0 Å². The summed E-state index contributed by atoms with van der Waals surface area (Å²) in [7, 11) is 0. The van der Waals surface area contributed by atoms with Gasteiger partial charge >= 0.3 is 6.03 Å². The van der Waals surface area contributed by atoms with Crippen molar-refractivity contribution in [1.82, 2.24) is 20.4 Å². The van der Waals surface area contributed by atoms with Gasteiger partial charge in [-0.2, -0.15) is 4.98 Å². The quantitative estimate of drug-likeness (QED) is 0.525. The van der Waals surface area contributed by atoms with Crippen LogP contribution in [0.5, 0.6) is 0 Å². The summed E-state index contributed by atoms with van der Waals surface area (Å²) in [6.07, 6.45) is 3.14. The summed E-state index contributed by atoms with van der Waals surface area (Å²) in [5, 5.41) is 9.30. The Balaban J connectivity index is 1.76. The monoisotopic (exact) mass is 408 g/mol. The zero-order valence-electron chi connectivity index (χ0n) is 16.6. The molecule has 1 unspecified atom stereocenters. The summed E-state index contributed by atoms with van der Waals surface area (Å²) in [5.74, 6) is 1.01. The number of urea groups is 1. The summed E-state index contributed by atoms with van der Waals surface area (Å²) in [5.41, 5.74) is 2.70. The third-order valence-corrected chi connectivity index (χ3v) is 5.98. The van der Waals surface area contributed by atoms with Crippen LogP contribution in [0.1, 0.15) is 50.6 Å². The number of thiophene rings is 1. The van der Waals surface area contributed by atoms with Crippen LogP contribution in [0.4, 0.5) is 4.79 Å². The Morgan fingerprint density at radius 3 is 2.72 bits per heavy atom. The first-order valence-corrected chi connectivity index (χ1v) is 10.8. The molecule has 0 fully saturated rings. The number of hydrogen-bond donors (Lipinski definition) is 1. The lowest BCUT2D eigenvalue weighted by atomic mass is 9.94. The highest BCUT2D eigenvalue weighted by molar-refractivity contribution is 7.13. The first-order chi connectivity index (χ1) is 14.2. The minimum atomic E-state index is -0.331. The predicted molar refractivity (Wildman–Crippen MR) is 114 cm³/mol. The highest BCUT2D eigenvalue weighted by atomic mass is 32.1. The molecule has 0 bridgehead atoms. The molecule has 6 nitrogen and oxygen atoms in total. The molecule has 150 valence electrons. The number of allylic oxidation sites excluding steroid dienone is 1. The van der Waals surface area contributed by atoms with Crippen molar-refractivity contribution >= 4 is 22.9 Å². The molecule has 2 amide bonds. The Hall–Kier alpha value is -2.93. The summed E-state index contributed by atoms with van der Waals surface area (Å²) in [6, 6.07) is 13.4. The molecule has 1 aliphatic heterocycles. The van der Waals surface area contributed by atoms with Crippen LogP contribution in [0.2, 0.25) is 0 Å². The van der Waals surface area contributed by atoms with Crippen LogP contribution in [0.3, 0.4) is 0 Å². The summed E-state index contributed by atoms with van der Waals surface area (Å²) >= 11 is 1.57. The molecule has 1 N–H and O–H groups in total. The number of amides is 2. The average molecular weight is 409 g/mol. The molecular formula is C22H24N4O2S. The molecule has 0 radical (unpaired) electrons. The Kier molecular flexibility index (Phi) is 5.76. The molecule has 1 aromatic carbocycles. The van der Waals surface area contributed by atoms with Crippen LogP contribution in [-0.4, -0.2) is 27.6 Å². The van der Waals surface area contributed by atoms with E-state index in [1.165, 1.54) is 0 Å². The number of aromatic nitrogens is 2. The van der Waals surface area contributed by atoms with Crippen LogP contribution in [-0.2, 0) is 0 Å². The highest BCUT2D eigenvalue weighted by Crippen LogP contribution is 2.37. The SMILES string of the molecule is CCCCCN1C(=O)NC(c2ccccc2)C(c2nc(-c3cccs3)no2)=C1C. The molecular weight excluding hydrogens is 384 g/mol. The van der Waals surface area contributed by atoms with Crippen molar-refractivity contribution in [3.8, 4) is 10.7 Å². The second-order valence-corrected chi connectivity index (χ2v) is 8.00. The van der Waals surface area contributed by atoms with Gasteiger partial charge in [-0.15, -0.1) is 11.3 Å². The highest BCUT2D eigenvalue weighted by Gasteiger charge is 2.35. The Morgan fingerprint density at radius 1 is 1.17 bits per heavy atom. The van der Waals surface area contributed by atoms with E-state index in [0.29, 0.717) is 18.3 Å². The van der Waals surface area contributed by atoms with E-state index in [1.807, 2.05) is 54.8 Å². The van der Waals surface area contributed by atoms with Crippen molar-refractivity contribution in [2.45, 2.75) is 39.2 Å². The standard InChI is InChI=1S/C22H24N4O2S/c1-3-4-8-13-26-15(2)18(19(23-22(26)27)16-10-6-5-7-11-16)21-24-20(25-28-21)17-12-9-14-29-17/h5-7,9-12,14,19H,3-4,8,13H2,1-2H3,(H,23,27). The molecule has 2 aromatic heterocycles. The number of nitrogens with zero attached hydrogens (tertiary/aromatic N) is 3. The second-order valence-electron chi connectivity index (χ2n) is 7.05. The molecule has 0 saturated carbocycles. The van der Waals surface area contributed by atoms with Gasteiger partial charge < -0.3 is 9.84 Å². The van der Waals surface area contributed by atoms with Gasteiger partial charge in [0.15, 0.2) is 0 Å². The van der Waals surface area contributed by atoms with E-state index >= 15 is 0 Å². The minimum absolute atomic E-state index is 0.0887. The number of rotatable bonds is 7. The number of nitrogens with one attached hydrogen (secondary N) is 1. The molecule has 0 aliphatic carbocycles. The Bertz CT molecular complexity index is 995. The van der Waals surface area contributed by atoms with Crippen LogP contribution in [0.25, 0.3) is 16.3 Å². The van der Waals surface area contributed by atoms with Gasteiger partial charge in [-0.1, -0.05) is 61.3 Å². The fourth-order valence-corrected chi connectivity index (χ4v) is 4.23. The zero-order valence-corrected chi connectivity index (χ0v) is 17.4. The van der Waals surface area contributed by atoms with Crippen LogP contribution < -0.4 is 5.32 Å². The van der Waals surface area contributed by atoms with Crippen molar-refractivity contribution < 1.29 is 9.32 Å². The summed E-state index contributed by atoms with van der Waals surface area (Å²) < 4.78 is 5.67. The fourth-order valence-electron chi connectivity index (χ4n) is 3.58. The van der Waals surface area contributed by atoms with E-state index in [0.717, 1.165) is 41.0 Å². The lowest BCUT2D eigenvalue weighted by molar-refractivity contribution is 0.204. The van der Waals surface area contributed by atoms with E-state index in [4.69, 9.17) is 4.52 Å². The van der Waals surface area contributed by atoms with E-state index in [2.05, 4.69) is 22.4 Å². The van der Waals surface area contributed by atoms with E-state index in [-0.39, 0.29) is 12.1 Å². The lowest BCUT2D eigenvalue weighted by Gasteiger charge is -2.35. The zero-order chi connectivity index (χ0) is 20.2. The van der Waals surface area contributed by atoms with Gasteiger partial charge in [0.25, 0.3) is 5.89 Å². The van der Waals surface area contributed by atoms with Gasteiger partial charge in [-0.05, 0) is 30.4 Å². The normalized spacial score (nSPS) is 17.0. The van der Waals surface area contributed by atoms with E-state index in [1.54, 1.807) is 16.2 Å². The number of benzene rings is 1. The van der Waals surface area contributed by atoms with Gasteiger partial charge in [0, 0.05) is 12.2 Å². The van der Waals surface area contributed by atoms with Crippen LogP contribution in [0, 0.1) is 0 Å². The smallest absolute Gasteiger partial charge is 0.322 e. The molecule has 3 aromatic rings. The van der Waals surface area contributed by atoms with Crippen molar-refractivity contribution in [1.29, 1.82) is 0 Å². The minimum Gasteiger partial charge on any atom is -0.334 e. The van der Waals surface area contributed by atoms with E-state index in [9.17, 15) is 4.79 Å². The predicted octanol–water partition coefficient (Wildman–Crippen LogP) is 5.49. The molecule has 1 aliphatic rings. The van der Waals surface area contributed by atoms with E-state index < -0.39 is 0 Å². The first-order valence-electron chi connectivity index (χ1n) is 9.90. The number of carbonyl (C=O) groups excluding carboxylic acids is 1. The number of unbranched alkanes of at least 4 members (excludes halogenated alkanes) is 2. The van der Waals surface area contributed by atoms with Gasteiger partial charge in [0.2, 0.25) is 5.82 Å². The Morgan fingerprint density at radius 2 is 2.00 bits per heavy atom. The van der Waals surface area contributed by atoms with Crippen molar-refractivity contribution in [2.75, 3.05) is 6.54 Å². The first kappa shape index (κ1) is 19.4. The maximum absolute atomic E-state index is 12.9. The topological polar surface area (TPSA) is 71.3 Å². The van der Waals surface area contributed by atoms with Gasteiger partial charge in [0.1, 0.15) is 0 Å². The van der Waals surface area contributed by atoms with Crippen LogP contribution in [0.15, 0.2) is 58.1 Å². The second kappa shape index (κ2) is 8.61. The molecule has 1 atom stereocenters. The van der Waals surface area contributed by atoms with Gasteiger partial charge in [-0.25, -0.2) is 4.79 Å². The molecule has 3 heterocycles.